The number of rotatable bonds is 7. The molecule has 0 bridgehead atoms. The number of aromatic nitrogens is 2. The number of hydrogen-bond donors (Lipinski definition) is 2. The molecule has 1 saturated heterocycles. The standard InChI is InChI=1S/C18H25N5O3S/c1-22-10-8-21-18(22)27-12-14-4-5-15(26-14)17(25)23-9-2-3-13(11-23)16(24)20-7-6-19/h4-5,8,10,13H,2-3,6-7,9,11-12,19H2,1H3,(H,20,24). The second kappa shape index (κ2) is 9.09. The lowest BCUT2D eigenvalue weighted by Crippen LogP contribution is -2.46. The zero-order valence-electron chi connectivity index (χ0n) is 15.4. The van der Waals surface area contributed by atoms with Gasteiger partial charge in [-0.25, -0.2) is 4.98 Å². The molecule has 8 nitrogen and oxygen atoms in total. The maximum absolute atomic E-state index is 12.7. The fraction of sp³-hybridized carbons (Fsp3) is 0.500. The number of imidazole rings is 1. The predicted molar refractivity (Wildman–Crippen MR) is 102 cm³/mol. The van der Waals surface area contributed by atoms with E-state index in [1.807, 2.05) is 23.9 Å². The molecule has 3 rings (SSSR count). The first-order chi connectivity index (χ1) is 13.1. The molecule has 3 N–H and O–H groups in total. The van der Waals surface area contributed by atoms with Gasteiger partial charge >= 0.3 is 0 Å². The van der Waals surface area contributed by atoms with Crippen LogP contribution in [0.1, 0.15) is 29.2 Å². The fourth-order valence-corrected chi connectivity index (χ4v) is 3.89. The number of carbonyl (C=O) groups excluding carboxylic acids is 2. The SMILES string of the molecule is Cn1ccnc1SCc1ccc(C(=O)N2CCCC(C(=O)NCCN)C2)o1. The van der Waals surface area contributed by atoms with Gasteiger partial charge in [-0.15, -0.1) is 0 Å². The second-order valence-electron chi connectivity index (χ2n) is 6.55. The van der Waals surface area contributed by atoms with Crippen molar-refractivity contribution in [3.8, 4) is 0 Å². The number of hydrogen-bond acceptors (Lipinski definition) is 6. The third kappa shape index (κ3) is 4.92. The summed E-state index contributed by atoms with van der Waals surface area (Å²) in [5.41, 5.74) is 5.43. The van der Waals surface area contributed by atoms with Crippen LogP contribution in [0.4, 0.5) is 0 Å². The van der Waals surface area contributed by atoms with E-state index in [1.165, 1.54) is 0 Å². The van der Waals surface area contributed by atoms with Crippen molar-refractivity contribution in [3.05, 3.63) is 36.0 Å². The first-order valence-electron chi connectivity index (χ1n) is 9.04. The van der Waals surface area contributed by atoms with Crippen LogP contribution in [0, 0.1) is 5.92 Å². The van der Waals surface area contributed by atoms with Crippen molar-refractivity contribution < 1.29 is 14.0 Å². The minimum atomic E-state index is -0.192. The van der Waals surface area contributed by atoms with Gasteiger partial charge < -0.3 is 24.9 Å². The van der Waals surface area contributed by atoms with E-state index in [9.17, 15) is 9.59 Å². The van der Waals surface area contributed by atoms with Crippen LogP contribution in [-0.4, -0.2) is 52.4 Å². The highest BCUT2D eigenvalue weighted by Crippen LogP contribution is 2.24. The van der Waals surface area contributed by atoms with Gasteiger partial charge in [0.2, 0.25) is 5.91 Å². The largest absolute Gasteiger partial charge is 0.455 e. The van der Waals surface area contributed by atoms with Crippen molar-refractivity contribution in [1.82, 2.24) is 19.8 Å². The number of nitrogens with zero attached hydrogens (tertiary/aromatic N) is 3. The number of carbonyl (C=O) groups is 2. The summed E-state index contributed by atoms with van der Waals surface area (Å²) < 4.78 is 7.67. The molecule has 0 spiro atoms. The third-order valence-corrected chi connectivity index (χ3v) is 5.60. The van der Waals surface area contributed by atoms with Gasteiger partial charge in [-0.1, -0.05) is 11.8 Å². The molecule has 3 heterocycles. The summed E-state index contributed by atoms with van der Waals surface area (Å²) in [6.45, 7) is 1.91. The molecule has 27 heavy (non-hydrogen) atoms. The summed E-state index contributed by atoms with van der Waals surface area (Å²) in [4.78, 5) is 30.8. The molecule has 2 aromatic rings. The normalized spacial score (nSPS) is 17.1. The topological polar surface area (TPSA) is 106 Å². The van der Waals surface area contributed by atoms with Crippen molar-refractivity contribution in [3.63, 3.8) is 0 Å². The predicted octanol–water partition coefficient (Wildman–Crippen LogP) is 1.23. The average Bonchev–Trinajstić information content (AvgIpc) is 3.32. The molecule has 2 amide bonds. The molecule has 1 unspecified atom stereocenters. The van der Waals surface area contributed by atoms with E-state index < -0.39 is 0 Å². The van der Waals surface area contributed by atoms with E-state index in [2.05, 4.69) is 10.3 Å². The molecule has 1 aliphatic rings. The van der Waals surface area contributed by atoms with Gasteiger partial charge in [0, 0.05) is 45.6 Å². The van der Waals surface area contributed by atoms with Crippen LogP contribution in [0.15, 0.2) is 34.1 Å². The lowest BCUT2D eigenvalue weighted by molar-refractivity contribution is -0.126. The molecule has 0 saturated carbocycles. The lowest BCUT2D eigenvalue weighted by Gasteiger charge is -2.31. The van der Waals surface area contributed by atoms with Crippen LogP contribution in [0.5, 0.6) is 0 Å². The Bertz CT molecular complexity index is 788. The lowest BCUT2D eigenvalue weighted by atomic mass is 9.97. The van der Waals surface area contributed by atoms with Crippen LogP contribution >= 0.6 is 11.8 Å². The number of nitrogens with one attached hydrogen (secondary N) is 1. The van der Waals surface area contributed by atoms with E-state index in [0.717, 1.165) is 23.8 Å². The molecule has 0 aromatic carbocycles. The van der Waals surface area contributed by atoms with Gasteiger partial charge in [0.05, 0.1) is 11.7 Å². The van der Waals surface area contributed by atoms with E-state index in [-0.39, 0.29) is 17.7 Å². The molecular formula is C18H25N5O3S. The molecule has 2 aromatic heterocycles. The van der Waals surface area contributed by atoms with Gasteiger partial charge in [0.15, 0.2) is 10.9 Å². The Hall–Kier alpha value is -2.26. The van der Waals surface area contributed by atoms with Gasteiger partial charge in [0.1, 0.15) is 5.76 Å². The Morgan fingerprint density at radius 2 is 2.30 bits per heavy atom. The van der Waals surface area contributed by atoms with Crippen LogP contribution in [0.2, 0.25) is 0 Å². The molecule has 146 valence electrons. The van der Waals surface area contributed by atoms with E-state index in [1.54, 1.807) is 28.9 Å². The Balaban J connectivity index is 1.56. The van der Waals surface area contributed by atoms with Gasteiger partial charge in [-0.2, -0.15) is 0 Å². The smallest absolute Gasteiger partial charge is 0.289 e. The second-order valence-corrected chi connectivity index (χ2v) is 7.49. The minimum Gasteiger partial charge on any atom is -0.455 e. The van der Waals surface area contributed by atoms with Crippen LogP contribution in [0.3, 0.4) is 0 Å². The van der Waals surface area contributed by atoms with Crippen molar-refractivity contribution in [2.24, 2.45) is 18.7 Å². The Labute approximate surface area is 162 Å². The number of likely N-dealkylation sites (tertiary alicyclic amines) is 1. The molecule has 0 aliphatic carbocycles. The van der Waals surface area contributed by atoms with Crippen molar-refractivity contribution in [1.29, 1.82) is 0 Å². The highest BCUT2D eigenvalue weighted by molar-refractivity contribution is 7.98. The monoisotopic (exact) mass is 391 g/mol. The molecular weight excluding hydrogens is 366 g/mol. The average molecular weight is 391 g/mol. The first-order valence-corrected chi connectivity index (χ1v) is 10.0. The maximum Gasteiger partial charge on any atom is 0.289 e. The molecule has 1 atom stereocenters. The van der Waals surface area contributed by atoms with Crippen molar-refractivity contribution in [2.75, 3.05) is 26.2 Å². The summed E-state index contributed by atoms with van der Waals surface area (Å²) in [6, 6.07) is 3.52. The Morgan fingerprint density at radius 1 is 1.44 bits per heavy atom. The number of amides is 2. The molecule has 9 heteroatoms. The number of furan rings is 1. The first kappa shape index (κ1) is 19.5. The minimum absolute atomic E-state index is 0.0375. The van der Waals surface area contributed by atoms with Gasteiger partial charge in [0.25, 0.3) is 5.91 Å². The van der Waals surface area contributed by atoms with E-state index >= 15 is 0 Å². The van der Waals surface area contributed by atoms with Crippen LogP contribution in [-0.2, 0) is 17.6 Å². The van der Waals surface area contributed by atoms with E-state index in [0.29, 0.717) is 37.7 Å². The van der Waals surface area contributed by atoms with Crippen LogP contribution in [0.25, 0.3) is 0 Å². The molecule has 1 fully saturated rings. The Morgan fingerprint density at radius 3 is 3.04 bits per heavy atom. The van der Waals surface area contributed by atoms with E-state index in [4.69, 9.17) is 10.2 Å². The number of piperidine rings is 1. The van der Waals surface area contributed by atoms with Crippen molar-refractivity contribution >= 4 is 23.6 Å². The highest BCUT2D eigenvalue weighted by Gasteiger charge is 2.29. The van der Waals surface area contributed by atoms with Crippen molar-refractivity contribution in [2.45, 2.75) is 23.8 Å². The summed E-state index contributed by atoms with van der Waals surface area (Å²) in [5, 5.41) is 3.69. The fourth-order valence-electron chi connectivity index (χ4n) is 3.07. The zero-order chi connectivity index (χ0) is 19.2. The molecule has 1 aliphatic heterocycles. The third-order valence-electron chi connectivity index (χ3n) is 4.52. The summed E-state index contributed by atoms with van der Waals surface area (Å²) >= 11 is 1.55. The summed E-state index contributed by atoms with van der Waals surface area (Å²) in [6.07, 6.45) is 5.21. The highest BCUT2D eigenvalue weighted by atomic mass is 32.2. The number of thioether (sulfide) groups is 1. The van der Waals surface area contributed by atoms with Gasteiger partial charge in [-0.3, -0.25) is 9.59 Å². The summed E-state index contributed by atoms with van der Waals surface area (Å²) in [5.74, 6) is 1.24. The molecule has 0 radical (unpaired) electrons. The number of aryl methyl sites for hydroxylation is 1. The Kier molecular flexibility index (Phi) is 6.57. The number of nitrogens with two attached hydrogens (primary N) is 1. The van der Waals surface area contributed by atoms with Gasteiger partial charge in [-0.05, 0) is 25.0 Å². The van der Waals surface area contributed by atoms with Crippen LogP contribution < -0.4 is 11.1 Å². The summed E-state index contributed by atoms with van der Waals surface area (Å²) in [7, 11) is 1.93. The quantitative estimate of drug-likeness (QED) is 0.688. The zero-order valence-corrected chi connectivity index (χ0v) is 16.2. The maximum atomic E-state index is 12.7.